The summed E-state index contributed by atoms with van der Waals surface area (Å²) < 4.78 is 11.8. The van der Waals surface area contributed by atoms with E-state index in [2.05, 4.69) is 27.4 Å². The summed E-state index contributed by atoms with van der Waals surface area (Å²) in [4.78, 5) is 25.1. The van der Waals surface area contributed by atoms with Gasteiger partial charge in [-0.3, -0.25) is 0 Å². The lowest BCUT2D eigenvalue weighted by Crippen LogP contribution is -2.44. The molecule has 0 aliphatic rings. The predicted octanol–water partition coefficient (Wildman–Crippen LogP) is 7.33. The van der Waals surface area contributed by atoms with E-state index in [1.807, 2.05) is 6.92 Å². The Morgan fingerprint density at radius 3 is 1.59 bits per heavy atom. The Morgan fingerprint density at radius 2 is 1.24 bits per heavy atom. The summed E-state index contributed by atoms with van der Waals surface area (Å²) >= 11 is 0. The van der Waals surface area contributed by atoms with Crippen LogP contribution in [-0.4, -0.2) is 26.4 Å². The molecular formula is C24H46O4Si. The summed E-state index contributed by atoms with van der Waals surface area (Å²) in [5, 5.41) is 0. The van der Waals surface area contributed by atoms with Crippen molar-refractivity contribution >= 4 is 20.3 Å². The van der Waals surface area contributed by atoms with Crippen LogP contribution in [0.3, 0.4) is 0 Å². The molecule has 0 N–H and O–H groups in total. The maximum atomic E-state index is 13.1. The van der Waals surface area contributed by atoms with Crippen molar-refractivity contribution in [3.63, 3.8) is 0 Å². The van der Waals surface area contributed by atoms with Crippen LogP contribution in [0.2, 0.25) is 18.1 Å². The number of ether oxygens (including phenoxy) is 1. The SMILES string of the molecule is C=C(C)C(=O)OC(CCC)C(=O)O[Si](CCCCC)(CCCCC)CCCCC. The molecule has 0 saturated carbocycles. The average molecular weight is 427 g/mol. The molecule has 0 aliphatic heterocycles. The Bertz CT molecular complexity index is 449. The molecule has 0 radical (unpaired) electrons. The fraction of sp³-hybridized carbons (Fsp3) is 0.833. The zero-order valence-corrected chi connectivity index (χ0v) is 20.8. The first-order chi connectivity index (χ1) is 13.9. The molecule has 29 heavy (non-hydrogen) atoms. The number of esters is 1. The minimum atomic E-state index is -2.20. The van der Waals surface area contributed by atoms with E-state index in [-0.39, 0.29) is 5.97 Å². The van der Waals surface area contributed by atoms with Gasteiger partial charge in [0.25, 0.3) is 8.32 Å². The van der Waals surface area contributed by atoms with Gasteiger partial charge in [0.2, 0.25) is 0 Å². The fourth-order valence-corrected chi connectivity index (χ4v) is 7.91. The number of rotatable bonds is 18. The summed E-state index contributed by atoms with van der Waals surface area (Å²) in [5.41, 5.74) is 0.316. The van der Waals surface area contributed by atoms with Crippen molar-refractivity contribution in [2.75, 3.05) is 0 Å². The lowest BCUT2D eigenvalue weighted by molar-refractivity contribution is -0.160. The van der Waals surface area contributed by atoms with Gasteiger partial charge in [-0.05, 0) is 31.5 Å². The molecule has 0 heterocycles. The van der Waals surface area contributed by atoms with Crippen molar-refractivity contribution in [3.8, 4) is 0 Å². The topological polar surface area (TPSA) is 52.6 Å². The highest BCUT2D eigenvalue weighted by Gasteiger charge is 2.39. The molecule has 4 nitrogen and oxygen atoms in total. The highest BCUT2D eigenvalue weighted by atomic mass is 28.4. The van der Waals surface area contributed by atoms with Crippen molar-refractivity contribution in [1.29, 1.82) is 0 Å². The van der Waals surface area contributed by atoms with Gasteiger partial charge in [-0.25, -0.2) is 9.59 Å². The average Bonchev–Trinajstić information content (AvgIpc) is 2.68. The molecule has 0 aliphatic carbocycles. The van der Waals surface area contributed by atoms with E-state index >= 15 is 0 Å². The van der Waals surface area contributed by atoms with Gasteiger partial charge in [-0.2, -0.15) is 0 Å². The number of carbonyl (C=O) groups is 2. The molecule has 1 atom stereocenters. The number of hydrogen-bond donors (Lipinski definition) is 0. The van der Waals surface area contributed by atoms with Gasteiger partial charge < -0.3 is 9.16 Å². The van der Waals surface area contributed by atoms with Gasteiger partial charge in [0.1, 0.15) is 0 Å². The van der Waals surface area contributed by atoms with Gasteiger partial charge in [-0.15, -0.1) is 0 Å². The van der Waals surface area contributed by atoms with Crippen molar-refractivity contribution < 1.29 is 18.8 Å². The van der Waals surface area contributed by atoms with Crippen molar-refractivity contribution in [2.24, 2.45) is 0 Å². The van der Waals surface area contributed by atoms with Gasteiger partial charge >= 0.3 is 11.9 Å². The second-order valence-electron chi connectivity index (χ2n) is 8.44. The van der Waals surface area contributed by atoms with Crippen molar-refractivity contribution in [2.45, 2.75) is 129 Å². The van der Waals surface area contributed by atoms with Crippen molar-refractivity contribution in [1.82, 2.24) is 0 Å². The molecule has 0 aromatic heterocycles. The standard InChI is InChI=1S/C24H46O4Si/c1-7-11-14-18-29(19-15-12-8-2,20-16-13-9-3)28-24(26)22(17-10-4)27-23(25)21(5)6/h22H,5,7-20H2,1-4,6H3. The Labute approximate surface area is 180 Å². The van der Waals surface area contributed by atoms with E-state index < -0.39 is 20.4 Å². The van der Waals surface area contributed by atoms with Crippen LogP contribution in [0, 0.1) is 0 Å². The predicted molar refractivity (Wildman–Crippen MR) is 124 cm³/mol. The summed E-state index contributed by atoms with van der Waals surface area (Å²) in [7, 11) is -2.20. The first-order valence-corrected chi connectivity index (χ1v) is 14.5. The molecule has 5 heteroatoms. The van der Waals surface area contributed by atoms with Gasteiger partial charge in [-0.1, -0.05) is 98.5 Å². The maximum absolute atomic E-state index is 13.1. The Balaban J connectivity index is 5.44. The Kier molecular flexibility index (Phi) is 16.0. The zero-order valence-electron chi connectivity index (χ0n) is 19.8. The molecule has 1 unspecified atom stereocenters. The van der Waals surface area contributed by atoms with E-state index in [0.717, 1.165) is 63.1 Å². The van der Waals surface area contributed by atoms with Crippen molar-refractivity contribution in [3.05, 3.63) is 12.2 Å². The minimum absolute atomic E-state index is 0.316. The van der Waals surface area contributed by atoms with E-state index in [9.17, 15) is 9.59 Å². The van der Waals surface area contributed by atoms with Crippen LogP contribution in [0.1, 0.15) is 105 Å². The summed E-state index contributed by atoms with van der Waals surface area (Å²) in [6.07, 6.45) is 10.9. The first kappa shape index (κ1) is 27.9. The first-order valence-electron chi connectivity index (χ1n) is 11.9. The van der Waals surface area contributed by atoms with Crippen LogP contribution >= 0.6 is 0 Å². The summed E-state index contributed by atoms with van der Waals surface area (Å²) in [6, 6.07) is 3.11. The maximum Gasteiger partial charge on any atom is 0.334 e. The van der Waals surface area contributed by atoms with Crippen LogP contribution in [0.15, 0.2) is 12.2 Å². The molecule has 170 valence electrons. The van der Waals surface area contributed by atoms with E-state index in [0.29, 0.717) is 12.0 Å². The Hall–Kier alpha value is -1.10. The van der Waals surface area contributed by atoms with E-state index in [1.54, 1.807) is 6.92 Å². The van der Waals surface area contributed by atoms with Crippen LogP contribution in [0.5, 0.6) is 0 Å². The lowest BCUT2D eigenvalue weighted by atomic mass is 10.2. The van der Waals surface area contributed by atoms with Crippen LogP contribution in [-0.2, 0) is 18.8 Å². The molecular weight excluding hydrogens is 380 g/mol. The second-order valence-corrected chi connectivity index (χ2v) is 12.5. The van der Waals surface area contributed by atoms with Gasteiger partial charge in [0, 0.05) is 5.57 Å². The molecule has 0 rings (SSSR count). The highest BCUT2D eigenvalue weighted by molar-refractivity contribution is 6.75. The van der Waals surface area contributed by atoms with Gasteiger partial charge in [0.15, 0.2) is 6.10 Å². The third kappa shape index (κ3) is 12.2. The molecule has 0 spiro atoms. The largest absolute Gasteiger partial charge is 0.516 e. The molecule has 0 aromatic rings. The number of unbranched alkanes of at least 4 members (excludes halogenated alkanes) is 6. The smallest absolute Gasteiger partial charge is 0.334 e. The monoisotopic (exact) mass is 426 g/mol. The molecule has 0 aromatic carbocycles. The summed E-state index contributed by atoms with van der Waals surface area (Å²) in [5.74, 6) is -0.826. The third-order valence-electron chi connectivity index (χ3n) is 5.44. The highest BCUT2D eigenvalue weighted by Crippen LogP contribution is 2.31. The molecule has 0 amide bonds. The third-order valence-corrected chi connectivity index (χ3v) is 9.86. The number of carbonyl (C=O) groups excluding carboxylic acids is 2. The van der Waals surface area contributed by atoms with Crippen LogP contribution < -0.4 is 0 Å². The lowest BCUT2D eigenvalue weighted by Gasteiger charge is -2.33. The fourth-order valence-electron chi connectivity index (χ4n) is 3.62. The minimum Gasteiger partial charge on any atom is -0.516 e. The summed E-state index contributed by atoms with van der Waals surface area (Å²) in [6.45, 7) is 13.8. The molecule has 0 bridgehead atoms. The van der Waals surface area contributed by atoms with Crippen LogP contribution in [0.4, 0.5) is 0 Å². The molecule has 0 fully saturated rings. The Morgan fingerprint density at radius 1 is 0.793 bits per heavy atom. The van der Waals surface area contributed by atoms with Gasteiger partial charge in [0.05, 0.1) is 0 Å². The van der Waals surface area contributed by atoms with E-state index in [1.165, 1.54) is 19.3 Å². The van der Waals surface area contributed by atoms with Crippen LogP contribution in [0.25, 0.3) is 0 Å². The number of hydrogen-bond acceptors (Lipinski definition) is 4. The second kappa shape index (κ2) is 16.7. The van der Waals surface area contributed by atoms with E-state index in [4.69, 9.17) is 9.16 Å². The molecule has 0 saturated heterocycles. The normalized spacial score (nSPS) is 12.4. The quantitative estimate of drug-likeness (QED) is 0.0996. The zero-order chi connectivity index (χ0) is 22.1.